The Bertz CT molecular complexity index is 383. The zero-order valence-corrected chi connectivity index (χ0v) is 12.4. The van der Waals surface area contributed by atoms with Crippen molar-refractivity contribution < 1.29 is 9.47 Å². The van der Waals surface area contributed by atoms with Gasteiger partial charge in [0, 0.05) is 13.2 Å². The van der Waals surface area contributed by atoms with Crippen LogP contribution in [0.1, 0.15) is 37.3 Å². The Hall–Kier alpha value is -1.28. The molecule has 0 radical (unpaired) electrons. The molecule has 0 fully saturated rings. The Morgan fingerprint density at radius 3 is 2.68 bits per heavy atom. The third kappa shape index (κ3) is 6.44. The van der Waals surface area contributed by atoms with Crippen molar-refractivity contribution in [1.29, 1.82) is 0 Å². The molecule has 2 nitrogen and oxygen atoms in total. The minimum Gasteiger partial charge on any atom is -0.497 e. The minimum absolute atomic E-state index is 0.818. The van der Waals surface area contributed by atoms with E-state index >= 15 is 0 Å². The van der Waals surface area contributed by atoms with E-state index in [4.69, 9.17) is 9.47 Å². The summed E-state index contributed by atoms with van der Waals surface area (Å²) < 4.78 is 10.6. The highest BCUT2D eigenvalue weighted by Crippen LogP contribution is 2.18. The molecule has 0 aliphatic rings. The van der Waals surface area contributed by atoms with Crippen LogP contribution in [0.3, 0.4) is 0 Å². The Morgan fingerprint density at radius 2 is 1.95 bits per heavy atom. The summed E-state index contributed by atoms with van der Waals surface area (Å²) in [6.45, 7) is 5.88. The van der Waals surface area contributed by atoms with Crippen molar-refractivity contribution in [2.24, 2.45) is 0 Å². The summed E-state index contributed by atoms with van der Waals surface area (Å²) in [6, 6.07) is 6.28. The van der Waals surface area contributed by atoms with Gasteiger partial charge in [-0.1, -0.05) is 18.2 Å². The quantitative estimate of drug-likeness (QED) is 0.488. The molecule has 0 atom stereocenters. The van der Waals surface area contributed by atoms with E-state index in [1.807, 2.05) is 13.0 Å². The molecule has 0 N–H and O–H groups in total. The zero-order chi connectivity index (χ0) is 13.9. The largest absolute Gasteiger partial charge is 0.497 e. The lowest BCUT2D eigenvalue weighted by molar-refractivity contribution is 0.145. The van der Waals surface area contributed by atoms with Gasteiger partial charge in [0.15, 0.2) is 0 Å². The van der Waals surface area contributed by atoms with Crippen LogP contribution in [-0.2, 0) is 11.2 Å². The molecule has 1 aromatic carbocycles. The van der Waals surface area contributed by atoms with E-state index in [0.29, 0.717) is 0 Å². The zero-order valence-electron chi connectivity index (χ0n) is 12.4. The summed E-state index contributed by atoms with van der Waals surface area (Å²) in [4.78, 5) is 0. The van der Waals surface area contributed by atoms with Gasteiger partial charge in [-0.3, -0.25) is 0 Å². The van der Waals surface area contributed by atoms with Gasteiger partial charge in [0.2, 0.25) is 0 Å². The monoisotopic (exact) mass is 262 g/mol. The van der Waals surface area contributed by atoms with Crippen molar-refractivity contribution in [1.82, 2.24) is 0 Å². The van der Waals surface area contributed by atoms with E-state index < -0.39 is 0 Å². The fourth-order valence-electron chi connectivity index (χ4n) is 1.97. The molecule has 0 aliphatic heterocycles. The molecule has 0 amide bonds. The molecule has 0 aromatic heterocycles. The SMILES string of the molecule is CCOCCC/C=C/CCc1cc(OC)ccc1C. The first-order chi connectivity index (χ1) is 9.27. The van der Waals surface area contributed by atoms with Gasteiger partial charge in [0.25, 0.3) is 0 Å². The molecule has 0 saturated carbocycles. The van der Waals surface area contributed by atoms with Gasteiger partial charge in [0.1, 0.15) is 5.75 Å². The summed E-state index contributed by atoms with van der Waals surface area (Å²) >= 11 is 0. The van der Waals surface area contributed by atoms with Crippen LogP contribution in [0.25, 0.3) is 0 Å². The molecular formula is C17H26O2. The minimum atomic E-state index is 0.818. The van der Waals surface area contributed by atoms with Gasteiger partial charge < -0.3 is 9.47 Å². The first-order valence-electron chi connectivity index (χ1n) is 7.14. The maximum Gasteiger partial charge on any atom is 0.119 e. The van der Waals surface area contributed by atoms with E-state index in [9.17, 15) is 0 Å². The number of methoxy groups -OCH3 is 1. The van der Waals surface area contributed by atoms with Gasteiger partial charge in [0.05, 0.1) is 7.11 Å². The highest BCUT2D eigenvalue weighted by atomic mass is 16.5. The fraction of sp³-hybridized carbons (Fsp3) is 0.529. The molecule has 0 heterocycles. The van der Waals surface area contributed by atoms with Crippen molar-refractivity contribution >= 4 is 0 Å². The summed E-state index contributed by atoms with van der Waals surface area (Å²) in [7, 11) is 1.72. The van der Waals surface area contributed by atoms with Crippen LogP contribution in [0.2, 0.25) is 0 Å². The summed E-state index contributed by atoms with van der Waals surface area (Å²) in [5.41, 5.74) is 2.71. The number of hydrogen-bond acceptors (Lipinski definition) is 2. The Labute approximate surface area is 117 Å². The highest BCUT2D eigenvalue weighted by Gasteiger charge is 1.99. The molecule has 1 rings (SSSR count). The second-order valence-electron chi connectivity index (χ2n) is 4.64. The number of allylic oxidation sites excluding steroid dienone is 2. The number of aryl methyl sites for hydroxylation is 2. The lowest BCUT2D eigenvalue weighted by Crippen LogP contribution is -1.92. The first-order valence-corrected chi connectivity index (χ1v) is 7.14. The molecule has 106 valence electrons. The number of hydrogen-bond donors (Lipinski definition) is 0. The van der Waals surface area contributed by atoms with Crippen molar-refractivity contribution in [2.45, 2.75) is 39.5 Å². The van der Waals surface area contributed by atoms with E-state index in [-0.39, 0.29) is 0 Å². The number of benzene rings is 1. The average molecular weight is 262 g/mol. The van der Waals surface area contributed by atoms with Gasteiger partial charge in [-0.2, -0.15) is 0 Å². The topological polar surface area (TPSA) is 18.5 Å². The second-order valence-corrected chi connectivity index (χ2v) is 4.64. The standard InChI is InChI=1S/C17H26O2/c1-4-19-13-9-7-5-6-8-10-16-14-17(18-3)12-11-15(16)2/h5-6,11-12,14H,4,7-10,13H2,1-3H3/b6-5+. The second kappa shape index (κ2) is 9.62. The maximum atomic E-state index is 5.30. The van der Waals surface area contributed by atoms with Gasteiger partial charge in [-0.05, 0) is 62.8 Å². The highest BCUT2D eigenvalue weighted by molar-refractivity contribution is 5.35. The van der Waals surface area contributed by atoms with Crippen LogP contribution in [0, 0.1) is 6.92 Å². The van der Waals surface area contributed by atoms with Crippen molar-refractivity contribution in [3.8, 4) is 5.75 Å². The van der Waals surface area contributed by atoms with E-state index in [1.165, 1.54) is 11.1 Å². The predicted molar refractivity (Wildman–Crippen MR) is 80.9 cm³/mol. The molecule has 0 bridgehead atoms. The molecule has 0 aliphatic carbocycles. The number of unbranched alkanes of at least 4 members (excludes halogenated alkanes) is 1. The summed E-state index contributed by atoms with van der Waals surface area (Å²) in [5.74, 6) is 0.946. The molecule has 19 heavy (non-hydrogen) atoms. The normalized spacial score (nSPS) is 11.1. The number of ether oxygens (including phenoxy) is 2. The van der Waals surface area contributed by atoms with Crippen molar-refractivity contribution in [3.05, 3.63) is 41.5 Å². The Morgan fingerprint density at radius 1 is 1.16 bits per heavy atom. The van der Waals surface area contributed by atoms with Crippen LogP contribution in [-0.4, -0.2) is 20.3 Å². The molecular weight excluding hydrogens is 236 g/mol. The third-order valence-electron chi connectivity index (χ3n) is 3.17. The van der Waals surface area contributed by atoms with E-state index in [0.717, 1.165) is 44.6 Å². The summed E-state index contributed by atoms with van der Waals surface area (Å²) in [6.07, 6.45) is 8.91. The van der Waals surface area contributed by atoms with Crippen LogP contribution in [0.15, 0.2) is 30.4 Å². The lowest BCUT2D eigenvalue weighted by atomic mass is 10.0. The molecule has 0 unspecified atom stereocenters. The Kier molecular flexibility index (Phi) is 7.99. The molecule has 1 aromatic rings. The maximum absolute atomic E-state index is 5.30. The van der Waals surface area contributed by atoms with Gasteiger partial charge in [-0.15, -0.1) is 0 Å². The first kappa shape index (κ1) is 15.8. The molecule has 0 spiro atoms. The van der Waals surface area contributed by atoms with Crippen molar-refractivity contribution in [3.63, 3.8) is 0 Å². The van der Waals surface area contributed by atoms with E-state index in [1.54, 1.807) is 7.11 Å². The van der Waals surface area contributed by atoms with Crippen molar-refractivity contribution in [2.75, 3.05) is 20.3 Å². The third-order valence-corrected chi connectivity index (χ3v) is 3.17. The fourth-order valence-corrected chi connectivity index (χ4v) is 1.97. The molecule has 2 heteroatoms. The van der Waals surface area contributed by atoms with Gasteiger partial charge >= 0.3 is 0 Å². The lowest BCUT2D eigenvalue weighted by Gasteiger charge is -2.07. The smallest absolute Gasteiger partial charge is 0.119 e. The van der Waals surface area contributed by atoms with Gasteiger partial charge in [-0.25, -0.2) is 0 Å². The Balaban J connectivity index is 2.26. The van der Waals surface area contributed by atoms with Crippen LogP contribution >= 0.6 is 0 Å². The van der Waals surface area contributed by atoms with Crippen LogP contribution in [0.4, 0.5) is 0 Å². The molecule has 0 saturated heterocycles. The predicted octanol–water partition coefficient (Wildman–Crippen LogP) is 4.31. The van der Waals surface area contributed by atoms with Crippen LogP contribution in [0.5, 0.6) is 5.75 Å². The average Bonchev–Trinajstić information content (AvgIpc) is 2.43. The van der Waals surface area contributed by atoms with Crippen LogP contribution < -0.4 is 4.74 Å². The summed E-state index contributed by atoms with van der Waals surface area (Å²) in [5, 5.41) is 0. The van der Waals surface area contributed by atoms with E-state index in [2.05, 4.69) is 31.2 Å². The number of rotatable bonds is 9.